The van der Waals surface area contributed by atoms with E-state index in [1.165, 1.54) is 6.07 Å². The fourth-order valence-corrected chi connectivity index (χ4v) is 3.95. The second-order valence-electron chi connectivity index (χ2n) is 6.83. The number of hydrogen-bond acceptors (Lipinski definition) is 4. The monoisotopic (exact) mass is 338 g/mol. The van der Waals surface area contributed by atoms with Gasteiger partial charge in [0.1, 0.15) is 6.61 Å². The Balaban J connectivity index is 1.58. The first kappa shape index (κ1) is 14.7. The fourth-order valence-electron chi connectivity index (χ4n) is 3.95. The smallest absolute Gasteiger partial charge is 0.276 e. The summed E-state index contributed by atoms with van der Waals surface area (Å²) in [7, 11) is 0. The highest BCUT2D eigenvalue weighted by atomic mass is 16.5. The molecular formula is C19H18N2O4. The maximum Gasteiger partial charge on any atom is 0.276 e. The Labute approximate surface area is 144 Å². The number of carbonyl (C=O) groups excluding carboxylic acids is 1. The highest BCUT2D eigenvalue weighted by molar-refractivity contribution is 5.96. The van der Waals surface area contributed by atoms with Crippen LogP contribution >= 0.6 is 0 Å². The summed E-state index contributed by atoms with van der Waals surface area (Å²) in [6.45, 7) is 1.36. The van der Waals surface area contributed by atoms with Crippen LogP contribution in [0.3, 0.4) is 0 Å². The van der Waals surface area contributed by atoms with Crippen molar-refractivity contribution in [2.24, 2.45) is 0 Å². The molecule has 1 unspecified atom stereocenters. The molecule has 1 amide bonds. The van der Waals surface area contributed by atoms with E-state index in [0.29, 0.717) is 18.8 Å². The standard InChI is InChI=1S/C19H18N2O4/c22-14-6-9-21-15(16(14)25-12-13-4-2-1-3-5-13)17(23)20-10-11-24-18(20)19(21)7-8-19/h1-6,9,18H,7-8,10-12H2. The number of hydrogen-bond donors (Lipinski definition) is 0. The third-order valence-corrected chi connectivity index (χ3v) is 5.34. The molecule has 1 aromatic carbocycles. The summed E-state index contributed by atoms with van der Waals surface area (Å²) < 4.78 is 13.6. The van der Waals surface area contributed by atoms with Gasteiger partial charge in [0.15, 0.2) is 17.7 Å². The predicted molar refractivity (Wildman–Crippen MR) is 89.5 cm³/mol. The molecule has 0 N–H and O–H groups in total. The number of fused-ring (bicyclic) bond motifs is 4. The summed E-state index contributed by atoms with van der Waals surface area (Å²) in [6, 6.07) is 11.1. The molecule has 1 spiro atoms. The van der Waals surface area contributed by atoms with Crippen molar-refractivity contribution in [1.29, 1.82) is 0 Å². The number of benzene rings is 1. The number of amides is 1. The lowest BCUT2D eigenvalue weighted by atomic mass is 10.1. The van der Waals surface area contributed by atoms with Crippen LogP contribution in [0, 0.1) is 0 Å². The van der Waals surface area contributed by atoms with Gasteiger partial charge in [-0.25, -0.2) is 0 Å². The number of pyridine rings is 1. The minimum atomic E-state index is -0.259. The molecule has 3 heterocycles. The highest BCUT2D eigenvalue weighted by Gasteiger charge is 2.61. The highest BCUT2D eigenvalue weighted by Crippen LogP contribution is 2.53. The van der Waals surface area contributed by atoms with Gasteiger partial charge < -0.3 is 18.9 Å². The largest absolute Gasteiger partial charge is 0.483 e. The van der Waals surface area contributed by atoms with Crippen LogP contribution in [0.4, 0.5) is 0 Å². The predicted octanol–water partition coefficient (Wildman–Crippen LogP) is 1.73. The van der Waals surface area contributed by atoms with E-state index in [0.717, 1.165) is 18.4 Å². The minimum Gasteiger partial charge on any atom is -0.483 e. The molecule has 3 aliphatic rings. The van der Waals surface area contributed by atoms with Crippen molar-refractivity contribution in [2.75, 3.05) is 13.2 Å². The molecule has 1 aromatic heterocycles. The van der Waals surface area contributed by atoms with Gasteiger partial charge >= 0.3 is 0 Å². The van der Waals surface area contributed by atoms with Gasteiger partial charge in [-0.1, -0.05) is 30.3 Å². The SMILES string of the molecule is O=C1c2c(OCc3ccccc3)c(=O)ccn2C2(CC2)C2OCCN12. The summed E-state index contributed by atoms with van der Waals surface area (Å²) in [6.07, 6.45) is 3.37. The lowest BCUT2D eigenvalue weighted by molar-refractivity contribution is -0.0253. The third-order valence-electron chi connectivity index (χ3n) is 5.34. The van der Waals surface area contributed by atoms with Crippen molar-refractivity contribution in [3.63, 3.8) is 0 Å². The van der Waals surface area contributed by atoms with Gasteiger partial charge in [0.25, 0.3) is 5.91 Å². The minimum absolute atomic E-state index is 0.146. The molecule has 128 valence electrons. The van der Waals surface area contributed by atoms with Crippen LogP contribution in [-0.2, 0) is 16.9 Å². The van der Waals surface area contributed by atoms with Gasteiger partial charge in [-0.15, -0.1) is 0 Å². The van der Waals surface area contributed by atoms with Crippen molar-refractivity contribution >= 4 is 5.91 Å². The lowest BCUT2D eigenvalue weighted by Crippen LogP contribution is -2.53. The van der Waals surface area contributed by atoms with Gasteiger partial charge in [-0.2, -0.15) is 0 Å². The molecule has 2 aromatic rings. The number of carbonyl (C=O) groups is 1. The molecule has 1 atom stereocenters. The van der Waals surface area contributed by atoms with E-state index in [4.69, 9.17) is 9.47 Å². The van der Waals surface area contributed by atoms with Crippen LogP contribution < -0.4 is 10.2 Å². The molecule has 0 bridgehead atoms. The molecule has 6 nitrogen and oxygen atoms in total. The van der Waals surface area contributed by atoms with Gasteiger partial charge in [0.05, 0.1) is 12.1 Å². The van der Waals surface area contributed by atoms with Crippen molar-refractivity contribution in [3.05, 3.63) is 64.1 Å². The van der Waals surface area contributed by atoms with Crippen LogP contribution in [-0.4, -0.2) is 34.8 Å². The Kier molecular flexibility index (Phi) is 3.06. The number of rotatable bonds is 3. The zero-order valence-corrected chi connectivity index (χ0v) is 13.7. The van der Waals surface area contributed by atoms with Gasteiger partial charge in [-0.05, 0) is 18.4 Å². The van der Waals surface area contributed by atoms with E-state index in [9.17, 15) is 9.59 Å². The first-order valence-electron chi connectivity index (χ1n) is 8.56. The molecule has 25 heavy (non-hydrogen) atoms. The molecule has 6 heteroatoms. The van der Waals surface area contributed by atoms with Crippen LogP contribution in [0.25, 0.3) is 0 Å². The Morgan fingerprint density at radius 3 is 2.72 bits per heavy atom. The average molecular weight is 338 g/mol. The third kappa shape index (κ3) is 2.07. The van der Waals surface area contributed by atoms with Crippen molar-refractivity contribution in [2.45, 2.75) is 31.2 Å². The second kappa shape index (κ2) is 5.20. The first-order valence-corrected chi connectivity index (χ1v) is 8.56. The number of aromatic nitrogens is 1. The van der Waals surface area contributed by atoms with Crippen LogP contribution in [0.2, 0.25) is 0 Å². The molecule has 5 rings (SSSR count). The summed E-state index contributed by atoms with van der Waals surface area (Å²) in [5, 5.41) is 0. The zero-order valence-electron chi connectivity index (χ0n) is 13.7. The fraction of sp³-hybridized carbons (Fsp3) is 0.368. The normalized spacial score (nSPS) is 22.6. The van der Waals surface area contributed by atoms with Crippen molar-refractivity contribution < 1.29 is 14.3 Å². The molecule has 1 aliphatic carbocycles. The van der Waals surface area contributed by atoms with Crippen LogP contribution in [0.15, 0.2) is 47.4 Å². The molecule has 2 fully saturated rings. The zero-order chi connectivity index (χ0) is 17.0. The summed E-state index contributed by atoms with van der Waals surface area (Å²) in [5.74, 6) is -0.0336. The Morgan fingerprint density at radius 2 is 1.96 bits per heavy atom. The van der Waals surface area contributed by atoms with Crippen LogP contribution in [0.1, 0.15) is 28.9 Å². The maximum absolute atomic E-state index is 13.0. The number of nitrogens with zero attached hydrogens (tertiary/aromatic N) is 2. The number of ether oxygens (including phenoxy) is 2. The van der Waals surface area contributed by atoms with E-state index in [-0.39, 0.29) is 35.5 Å². The van der Waals surface area contributed by atoms with Crippen molar-refractivity contribution in [1.82, 2.24) is 9.47 Å². The van der Waals surface area contributed by atoms with E-state index in [1.54, 1.807) is 11.1 Å². The molecule has 0 radical (unpaired) electrons. The first-order chi connectivity index (χ1) is 12.2. The van der Waals surface area contributed by atoms with E-state index >= 15 is 0 Å². The van der Waals surface area contributed by atoms with Crippen molar-refractivity contribution in [3.8, 4) is 5.75 Å². The van der Waals surface area contributed by atoms with Gasteiger partial charge in [0.2, 0.25) is 5.43 Å². The lowest BCUT2D eigenvalue weighted by Gasteiger charge is -2.39. The van der Waals surface area contributed by atoms with Gasteiger partial charge in [-0.3, -0.25) is 9.59 Å². The van der Waals surface area contributed by atoms with Crippen LogP contribution in [0.5, 0.6) is 5.75 Å². The summed E-state index contributed by atoms with van der Waals surface area (Å²) in [4.78, 5) is 27.2. The molecule has 1 saturated heterocycles. The summed E-state index contributed by atoms with van der Waals surface area (Å²) in [5.41, 5.74) is 0.821. The van der Waals surface area contributed by atoms with Gasteiger partial charge in [0, 0.05) is 18.8 Å². The van der Waals surface area contributed by atoms with E-state index in [1.807, 2.05) is 34.9 Å². The molecule has 1 saturated carbocycles. The maximum atomic E-state index is 13.0. The summed E-state index contributed by atoms with van der Waals surface area (Å²) >= 11 is 0. The Bertz CT molecular complexity index is 901. The second-order valence-corrected chi connectivity index (χ2v) is 6.83. The quantitative estimate of drug-likeness (QED) is 0.855. The Hall–Kier alpha value is -2.60. The topological polar surface area (TPSA) is 60.8 Å². The molecular weight excluding hydrogens is 320 g/mol. The Morgan fingerprint density at radius 1 is 1.16 bits per heavy atom. The molecule has 2 aliphatic heterocycles. The average Bonchev–Trinajstić information content (AvgIpc) is 3.26. The van der Waals surface area contributed by atoms with E-state index in [2.05, 4.69) is 0 Å². The van der Waals surface area contributed by atoms with E-state index < -0.39 is 0 Å².